The van der Waals surface area contributed by atoms with Gasteiger partial charge in [0.05, 0.1) is 5.02 Å². The van der Waals surface area contributed by atoms with E-state index in [4.69, 9.17) is 16.7 Å². The van der Waals surface area contributed by atoms with Crippen molar-refractivity contribution in [1.82, 2.24) is 0 Å². The third kappa shape index (κ3) is 4.56. The number of hydrogen-bond acceptors (Lipinski definition) is 2. The number of anilines is 1. The lowest BCUT2D eigenvalue weighted by molar-refractivity contribution is -0.138. The molecule has 94 valence electrons. The van der Waals surface area contributed by atoms with Crippen LogP contribution in [0.3, 0.4) is 0 Å². The quantitative estimate of drug-likeness (QED) is 0.861. The SMILES string of the molecule is CC(C)CC(Nc1ccc(Cl)c(Br)c1)C(=O)O. The van der Waals surface area contributed by atoms with Gasteiger partial charge in [0.15, 0.2) is 0 Å². The zero-order valence-corrected chi connectivity index (χ0v) is 12.0. The molecule has 5 heteroatoms. The first-order valence-corrected chi connectivity index (χ1v) is 6.51. The van der Waals surface area contributed by atoms with Crippen LogP contribution in [0.2, 0.25) is 5.02 Å². The molecule has 17 heavy (non-hydrogen) atoms. The highest BCUT2D eigenvalue weighted by molar-refractivity contribution is 9.10. The Kier molecular flexibility index (Phi) is 5.28. The molecule has 1 unspecified atom stereocenters. The van der Waals surface area contributed by atoms with Gasteiger partial charge in [0, 0.05) is 10.2 Å². The topological polar surface area (TPSA) is 49.3 Å². The fourth-order valence-electron chi connectivity index (χ4n) is 1.48. The number of carboxylic acid groups (broad SMARTS) is 1. The molecule has 1 rings (SSSR count). The standard InChI is InChI=1S/C12H15BrClNO2/c1-7(2)5-11(12(16)17)15-8-3-4-10(14)9(13)6-8/h3-4,6-7,11,15H,5H2,1-2H3,(H,16,17). The lowest BCUT2D eigenvalue weighted by atomic mass is 10.0. The second-order valence-corrected chi connectivity index (χ2v) is 5.56. The van der Waals surface area contributed by atoms with E-state index < -0.39 is 12.0 Å². The van der Waals surface area contributed by atoms with Gasteiger partial charge in [-0.05, 0) is 46.5 Å². The zero-order chi connectivity index (χ0) is 13.0. The molecular weight excluding hydrogens is 305 g/mol. The molecule has 1 aromatic rings. The first kappa shape index (κ1) is 14.3. The molecule has 0 heterocycles. The van der Waals surface area contributed by atoms with E-state index in [1.807, 2.05) is 13.8 Å². The van der Waals surface area contributed by atoms with Crippen LogP contribution in [0.4, 0.5) is 5.69 Å². The van der Waals surface area contributed by atoms with Crippen molar-refractivity contribution in [2.24, 2.45) is 5.92 Å². The summed E-state index contributed by atoms with van der Waals surface area (Å²) in [6, 6.07) is 4.69. The molecule has 0 fully saturated rings. The van der Waals surface area contributed by atoms with Crippen LogP contribution >= 0.6 is 27.5 Å². The summed E-state index contributed by atoms with van der Waals surface area (Å²) in [6.07, 6.45) is 0.579. The second-order valence-electron chi connectivity index (χ2n) is 4.29. The summed E-state index contributed by atoms with van der Waals surface area (Å²) in [5.74, 6) is -0.524. The van der Waals surface area contributed by atoms with Crippen LogP contribution in [0.25, 0.3) is 0 Å². The lowest BCUT2D eigenvalue weighted by Gasteiger charge is -2.18. The van der Waals surface area contributed by atoms with Gasteiger partial charge in [0.2, 0.25) is 0 Å². The molecule has 0 bridgehead atoms. The van der Waals surface area contributed by atoms with Crippen molar-refractivity contribution < 1.29 is 9.90 Å². The Morgan fingerprint density at radius 1 is 1.53 bits per heavy atom. The number of nitrogens with one attached hydrogen (secondary N) is 1. The van der Waals surface area contributed by atoms with Crippen molar-refractivity contribution >= 4 is 39.2 Å². The fraction of sp³-hybridized carbons (Fsp3) is 0.417. The predicted octanol–water partition coefficient (Wildman–Crippen LogP) is 4.01. The van der Waals surface area contributed by atoms with Crippen LogP contribution in [-0.2, 0) is 4.79 Å². The van der Waals surface area contributed by atoms with E-state index in [0.717, 1.165) is 10.2 Å². The number of aliphatic carboxylic acids is 1. The number of hydrogen-bond donors (Lipinski definition) is 2. The van der Waals surface area contributed by atoms with Gasteiger partial charge in [-0.1, -0.05) is 25.4 Å². The molecule has 1 aromatic carbocycles. The molecule has 0 radical (unpaired) electrons. The monoisotopic (exact) mass is 319 g/mol. The number of rotatable bonds is 5. The summed E-state index contributed by atoms with van der Waals surface area (Å²) in [4.78, 5) is 11.1. The summed E-state index contributed by atoms with van der Waals surface area (Å²) in [5.41, 5.74) is 0.745. The van der Waals surface area contributed by atoms with Crippen molar-refractivity contribution in [3.05, 3.63) is 27.7 Å². The third-order valence-corrected chi connectivity index (χ3v) is 3.48. The Bertz CT molecular complexity index is 409. The molecule has 1 atom stereocenters. The number of carbonyl (C=O) groups is 1. The molecule has 0 aliphatic carbocycles. The number of carboxylic acids is 1. The van der Waals surface area contributed by atoms with Crippen LogP contribution in [0.15, 0.2) is 22.7 Å². The van der Waals surface area contributed by atoms with Crippen LogP contribution < -0.4 is 5.32 Å². The van der Waals surface area contributed by atoms with E-state index in [-0.39, 0.29) is 0 Å². The first-order valence-electron chi connectivity index (χ1n) is 5.34. The largest absolute Gasteiger partial charge is 0.480 e. The molecule has 3 nitrogen and oxygen atoms in total. The van der Waals surface area contributed by atoms with E-state index >= 15 is 0 Å². The lowest BCUT2D eigenvalue weighted by Crippen LogP contribution is -2.30. The Morgan fingerprint density at radius 2 is 2.18 bits per heavy atom. The van der Waals surface area contributed by atoms with Crippen LogP contribution in [0, 0.1) is 5.92 Å². The van der Waals surface area contributed by atoms with Crippen LogP contribution in [0.1, 0.15) is 20.3 Å². The maximum Gasteiger partial charge on any atom is 0.326 e. The van der Waals surface area contributed by atoms with E-state index in [0.29, 0.717) is 17.4 Å². The van der Waals surface area contributed by atoms with E-state index in [1.54, 1.807) is 18.2 Å². The number of halogens is 2. The summed E-state index contributed by atoms with van der Waals surface area (Å²) in [5, 5.41) is 12.7. The molecule has 0 aliphatic rings. The van der Waals surface area contributed by atoms with Gasteiger partial charge in [0.1, 0.15) is 6.04 Å². The summed E-state index contributed by atoms with van der Waals surface area (Å²) in [6.45, 7) is 3.99. The Hall–Kier alpha value is -0.740. The highest BCUT2D eigenvalue weighted by atomic mass is 79.9. The van der Waals surface area contributed by atoms with Gasteiger partial charge in [-0.15, -0.1) is 0 Å². The average molecular weight is 321 g/mol. The van der Waals surface area contributed by atoms with E-state index in [9.17, 15) is 4.79 Å². The predicted molar refractivity (Wildman–Crippen MR) is 73.7 cm³/mol. The molecule has 0 aliphatic heterocycles. The van der Waals surface area contributed by atoms with Crippen molar-refractivity contribution in [3.63, 3.8) is 0 Å². The summed E-state index contributed by atoms with van der Waals surface area (Å²) >= 11 is 9.18. The molecule has 0 amide bonds. The van der Waals surface area contributed by atoms with Crippen molar-refractivity contribution in [3.8, 4) is 0 Å². The number of benzene rings is 1. The first-order chi connectivity index (χ1) is 7.90. The Balaban J connectivity index is 2.78. The van der Waals surface area contributed by atoms with Crippen molar-refractivity contribution in [2.45, 2.75) is 26.3 Å². The second kappa shape index (κ2) is 6.26. The molecule has 0 saturated carbocycles. The highest BCUT2D eigenvalue weighted by Crippen LogP contribution is 2.26. The maximum atomic E-state index is 11.1. The summed E-state index contributed by atoms with van der Waals surface area (Å²) < 4.78 is 0.748. The highest BCUT2D eigenvalue weighted by Gasteiger charge is 2.18. The van der Waals surface area contributed by atoms with Gasteiger partial charge in [-0.2, -0.15) is 0 Å². The minimum absolute atomic E-state index is 0.319. The van der Waals surface area contributed by atoms with E-state index in [1.165, 1.54) is 0 Å². The molecule has 2 N–H and O–H groups in total. The van der Waals surface area contributed by atoms with Gasteiger partial charge < -0.3 is 10.4 Å². The van der Waals surface area contributed by atoms with Crippen LogP contribution in [-0.4, -0.2) is 17.1 Å². The zero-order valence-electron chi connectivity index (χ0n) is 9.71. The third-order valence-electron chi connectivity index (χ3n) is 2.27. The molecule has 0 aromatic heterocycles. The summed E-state index contributed by atoms with van der Waals surface area (Å²) in [7, 11) is 0. The van der Waals surface area contributed by atoms with Gasteiger partial charge in [-0.3, -0.25) is 0 Å². The maximum absolute atomic E-state index is 11.1. The minimum atomic E-state index is -0.843. The molecule has 0 spiro atoms. The molecular formula is C12H15BrClNO2. The van der Waals surface area contributed by atoms with Crippen LogP contribution in [0.5, 0.6) is 0 Å². The fourth-order valence-corrected chi connectivity index (χ4v) is 1.98. The Labute approximate surface area is 114 Å². The minimum Gasteiger partial charge on any atom is -0.480 e. The average Bonchev–Trinajstić information content (AvgIpc) is 2.21. The molecule has 0 saturated heterocycles. The normalized spacial score (nSPS) is 12.5. The van der Waals surface area contributed by atoms with Gasteiger partial charge in [-0.25, -0.2) is 4.79 Å². The van der Waals surface area contributed by atoms with E-state index in [2.05, 4.69) is 21.2 Å². The van der Waals surface area contributed by atoms with Gasteiger partial charge in [0.25, 0.3) is 0 Å². The Morgan fingerprint density at radius 3 is 2.65 bits per heavy atom. The smallest absolute Gasteiger partial charge is 0.326 e. The van der Waals surface area contributed by atoms with Crippen molar-refractivity contribution in [2.75, 3.05) is 5.32 Å². The van der Waals surface area contributed by atoms with Gasteiger partial charge >= 0.3 is 5.97 Å². The van der Waals surface area contributed by atoms with Crippen molar-refractivity contribution in [1.29, 1.82) is 0 Å².